The van der Waals surface area contributed by atoms with Crippen LogP contribution in [0.2, 0.25) is 0 Å². The Balaban J connectivity index is 1.62. The van der Waals surface area contributed by atoms with Crippen molar-refractivity contribution in [3.63, 3.8) is 0 Å². The third kappa shape index (κ3) is 10.8. The molecule has 0 aliphatic heterocycles. The second-order valence-electron chi connectivity index (χ2n) is 12.1. The zero-order chi connectivity index (χ0) is 31.0. The third-order valence-corrected chi connectivity index (χ3v) is 12.6. The molecule has 0 unspecified atom stereocenters. The van der Waals surface area contributed by atoms with Gasteiger partial charge < -0.3 is 0 Å². The van der Waals surface area contributed by atoms with Gasteiger partial charge >= 0.3 is 0 Å². The van der Waals surface area contributed by atoms with Gasteiger partial charge in [0.05, 0.1) is 32.5 Å². The Kier molecular flexibility index (Phi) is 16.0. The topological polar surface area (TPSA) is 51.6 Å². The van der Waals surface area contributed by atoms with Crippen LogP contribution in [-0.2, 0) is 25.7 Å². The molecule has 44 heavy (non-hydrogen) atoms. The van der Waals surface area contributed by atoms with E-state index in [1.165, 1.54) is 135 Å². The van der Waals surface area contributed by atoms with Gasteiger partial charge in [0.1, 0.15) is 0 Å². The lowest BCUT2D eigenvalue weighted by Crippen LogP contribution is -1.93. The Bertz CT molecular complexity index is 1250. The van der Waals surface area contributed by atoms with E-state index in [1.807, 2.05) is 22.7 Å². The highest BCUT2D eigenvalue weighted by Gasteiger charge is 2.23. The molecule has 4 aromatic heterocycles. The maximum atomic E-state index is 5.30. The smallest absolute Gasteiger partial charge is 0.153 e. The molecule has 4 heterocycles. The van der Waals surface area contributed by atoms with Gasteiger partial charge in [-0.2, -0.15) is 0 Å². The minimum atomic E-state index is 1.03. The summed E-state index contributed by atoms with van der Waals surface area (Å²) in [5, 5.41) is 8.87. The van der Waals surface area contributed by atoms with Gasteiger partial charge in [-0.3, -0.25) is 0 Å². The zero-order valence-corrected chi connectivity index (χ0v) is 31.0. The number of unbranched alkanes of at least 4 members (excludes halogenated alkanes) is 12. The minimum absolute atomic E-state index is 1.03. The second-order valence-corrected chi connectivity index (χ2v) is 15.8. The Hall–Kier alpha value is -1.48. The molecule has 0 saturated heterocycles. The summed E-state index contributed by atoms with van der Waals surface area (Å²) in [6.07, 6.45) is 24.4. The van der Waals surface area contributed by atoms with Crippen molar-refractivity contribution in [1.82, 2.24) is 19.9 Å². The molecule has 8 heteroatoms. The van der Waals surface area contributed by atoms with Gasteiger partial charge in [-0.25, -0.2) is 19.9 Å². The molecule has 0 N–H and O–H groups in total. The number of hydrogen-bond donors (Lipinski definition) is 0. The summed E-state index contributed by atoms with van der Waals surface area (Å²) >= 11 is 7.24. The highest BCUT2D eigenvalue weighted by Crippen LogP contribution is 2.44. The van der Waals surface area contributed by atoms with Crippen LogP contribution in [-0.4, -0.2) is 19.9 Å². The summed E-state index contributed by atoms with van der Waals surface area (Å²) in [7, 11) is 0. The van der Waals surface area contributed by atoms with E-state index >= 15 is 0 Å². The molecule has 0 spiro atoms. The van der Waals surface area contributed by atoms with Crippen molar-refractivity contribution in [2.45, 2.75) is 156 Å². The van der Waals surface area contributed by atoms with Crippen LogP contribution in [0, 0.1) is 0 Å². The molecular weight excluding hydrogens is 617 g/mol. The van der Waals surface area contributed by atoms with E-state index in [4.69, 9.17) is 19.9 Å². The summed E-state index contributed by atoms with van der Waals surface area (Å²) < 4.78 is 0. The molecule has 242 valence electrons. The minimum Gasteiger partial charge on any atom is -0.239 e. The van der Waals surface area contributed by atoms with Gasteiger partial charge in [0.2, 0.25) is 0 Å². The van der Waals surface area contributed by atoms with Crippen LogP contribution in [0.3, 0.4) is 0 Å². The van der Waals surface area contributed by atoms with Crippen molar-refractivity contribution in [2.75, 3.05) is 0 Å². The van der Waals surface area contributed by atoms with Gasteiger partial charge in [0, 0.05) is 10.8 Å². The fourth-order valence-electron chi connectivity index (χ4n) is 5.52. The number of thiazole rings is 4. The maximum absolute atomic E-state index is 5.30. The van der Waals surface area contributed by atoms with E-state index in [2.05, 4.69) is 38.5 Å². The lowest BCUT2D eigenvalue weighted by molar-refractivity contribution is 0.660. The van der Waals surface area contributed by atoms with E-state index in [0.29, 0.717) is 0 Å². The number of aromatic nitrogens is 4. The summed E-state index contributed by atoms with van der Waals surface area (Å²) in [4.78, 5) is 23.4. The van der Waals surface area contributed by atoms with Crippen LogP contribution in [0.15, 0.2) is 10.8 Å². The maximum Gasteiger partial charge on any atom is 0.153 e. The van der Waals surface area contributed by atoms with Crippen LogP contribution in [0.1, 0.15) is 153 Å². The standard InChI is InChI=1S/C36H54N4S4/c1-5-9-13-17-21-27-25-41-33(37-27)35-39-29(23-19-15-11-7-3)31(43-35)32-30(24-20-16-12-8-4)40-36(44-32)34-38-28(26-42-34)22-18-14-10-6-2/h25-26H,5-24H2,1-4H3. The van der Waals surface area contributed by atoms with Crippen molar-refractivity contribution in [3.05, 3.63) is 33.5 Å². The van der Waals surface area contributed by atoms with E-state index in [1.54, 1.807) is 22.7 Å². The van der Waals surface area contributed by atoms with Gasteiger partial charge in [-0.05, 0) is 51.4 Å². The second kappa shape index (κ2) is 19.9. The molecule has 0 atom stereocenters. The monoisotopic (exact) mass is 670 g/mol. The first kappa shape index (κ1) is 35.4. The van der Waals surface area contributed by atoms with E-state index in [9.17, 15) is 0 Å². The van der Waals surface area contributed by atoms with Gasteiger partial charge in [0.15, 0.2) is 20.0 Å². The molecule has 0 radical (unpaired) electrons. The quantitative estimate of drug-likeness (QED) is 0.0737. The first-order valence-corrected chi connectivity index (χ1v) is 20.9. The fourth-order valence-corrected chi connectivity index (χ4v) is 9.70. The van der Waals surface area contributed by atoms with Gasteiger partial charge in [-0.15, -0.1) is 45.3 Å². The van der Waals surface area contributed by atoms with Crippen molar-refractivity contribution in [2.24, 2.45) is 0 Å². The highest BCUT2D eigenvalue weighted by atomic mass is 32.1. The van der Waals surface area contributed by atoms with Crippen LogP contribution in [0.4, 0.5) is 0 Å². The molecule has 0 aromatic carbocycles. The molecule has 0 bridgehead atoms. The number of hydrogen-bond acceptors (Lipinski definition) is 8. The third-order valence-electron chi connectivity index (χ3n) is 8.18. The lowest BCUT2D eigenvalue weighted by atomic mass is 10.1. The predicted molar refractivity (Wildman–Crippen MR) is 197 cm³/mol. The van der Waals surface area contributed by atoms with E-state index in [0.717, 1.165) is 45.7 Å². The predicted octanol–water partition coefficient (Wildman–Crippen LogP) is 13.0. The molecule has 0 amide bonds. The Labute approximate surface area is 283 Å². The molecule has 0 fully saturated rings. The Morgan fingerprint density at radius 3 is 1.14 bits per heavy atom. The average Bonchev–Trinajstić information content (AvgIpc) is 3.84. The first-order chi connectivity index (χ1) is 21.7. The van der Waals surface area contributed by atoms with Gasteiger partial charge in [-0.1, -0.05) is 105 Å². The summed E-state index contributed by atoms with van der Waals surface area (Å²) in [5.74, 6) is 0. The van der Waals surface area contributed by atoms with Crippen LogP contribution in [0.5, 0.6) is 0 Å². The molecule has 0 saturated carbocycles. The zero-order valence-electron chi connectivity index (χ0n) is 27.7. The summed E-state index contributed by atoms with van der Waals surface area (Å²) in [6.45, 7) is 9.11. The molecule has 0 aliphatic carbocycles. The Morgan fingerprint density at radius 2 is 0.773 bits per heavy atom. The van der Waals surface area contributed by atoms with E-state index in [-0.39, 0.29) is 0 Å². The van der Waals surface area contributed by atoms with Gasteiger partial charge in [0.25, 0.3) is 0 Å². The molecule has 4 rings (SSSR count). The Morgan fingerprint density at radius 1 is 0.409 bits per heavy atom. The molecular formula is C36H54N4S4. The lowest BCUT2D eigenvalue weighted by Gasteiger charge is -2.04. The molecule has 0 aliphatic rings. The number of rotatable bonds is 23. The van der Waals surface area contributed by atoms with Crippen LogP contribution in [0.25, 0.3) is 29.8 Å². The van der Waals surface area contributed by atoms with Crippen molar-refractivity contribution >= 4 is 45.3 Å². The largest absolute Gasteiger partial charge is 0.239 e. The van der Waals surface area contributed by atoms with Crippen molar-refractivity contribution < 1.29 is 0 Å². The number of nitrogens with zero attached hydrogens (tertiary/aromatic N) is 4. The first-order valence-electron chi connectivity index (χ1n) is 17.6. The van der Waals surface area contributed by atoms with Crippen LogP contribution >= 0.6 is 45.3 Å². The fraction of sp³-hybridized carbons (Fsp3) is 0.667. The summed E-state index contributed by atoms with van der Waals surface area (Å²) in [6, 6.07) is 0. The molecule has 4 nitrogen and oxygen atoms in total. The normalized spacial score (nSPS) is 11.6. The van der Waals surface area contributed by atoms with Crippen molar-refractivity contribution in [3.8, 4) is 29.8 Å². The van der Waals surface area contributed by atoms with Crippen LogP contribution < -0.4 is 0 Å². The van der Waals surface area contributed by atoms with Crippen molar-refractivity contribution in [1.29, 1.82) is 0 Å². The average molecular weight is 671 g/mol. The van der Waals surface area contributed by atoms with E-state index < -0.39 is 0 Å². The highest BCUT2D eigenvalue weighted by molar-refractivity contribution is 7.27. The molecule has 4 aromatic rings. The summed E-state index contributed by atoms with van der Waals surface area (Å²) in [5.41, 5.74) is 4.96. The number of aryl methyl sites for hydroxylation is 4. The SMILES string of the molecule is CCCCCCc1csc(-c2nc(CCCCCC)c(-c3sc(-c4nc(CCCCCC)cs4)nc3CCCCCC)s2)n1.